The van der Waals surface area contributed by atoms with E-state index in [-0.39, 0.29) is 11.9 Å². The molecule has 1 aromatic carbocycles. The highest BCUT2D eigenvalue weighted by molar-refractivity contribution is 5.90. The number of nitrogens with one attached hydrogen (secondary N) is 1. The van der Waals surface area contributed by atoms with Gasteiger partial charge in [-0.1, -0.05) is 6.92 Å². The normalized spacial score (nSPS) is 14.5. The molecular weight excluding hydrogens is 280 g/mol. The van der Waals surface area contributed by atoms with Gasteiger partial charge in [-0.2, -0.15) is 0 Å². The lowest BCUT2D eigenvalue weighted by Crippen LogP contribution is -2.39. The van der Waals surface area contributed by atoms with Gasteiger partial charge in [0.25, 0.3) is 0 Å². The zero-order valence-electron chi connectivity index (χ0n) is 13.1. The fraction of sp³-hybridized carbons (Fsp3) is 0.529. The lowest BCUT2D eigenvalue weighted by molar-refractivity contribution is -0.130. The molecule has 0 aliphatic carbocycles. The number of hydrogen-bond donors (Lipinski definition) is 1. The maximum Gasteiger partial charge on any atom is 0.338 e. The predicted octanol–water partition coefficient (Wildman–Crippen LogP) is 2.68. The van der Waals surface area contributed by atoms with E-state index in [1.807, 2.05) is 11.8 Å². The third-order valence-corrected chi connectivity index (χ3v) is 3.71. The molecule has 1 aliphatic heterocycles. The molecule has 0 spiro atoms. The van der Waals surface area contributed by atoms with Gasteiger partial charge < -0.3 is 15.0 Å². The Bertz CT molecular complexity index is 493. The third-order valence-electron chi connectivity index (χ3n) is 3.71. The average molecular weight is 304 g/mol. The molecule has 1 aromatic rings. The lowest BCUT2D eigenvalue weighted by Gasteiger charge is -2.26. The highest BCUT2D eigenvalue weighted by Crippen LogP contribution is 2.12. The van der Waals surface area contributed by atoms with Crippen molar-refractivity contribution in [2.24, 2.45) is 0 Å². The van der Waals surface area contributed by atoms with E-state index in [0.717, 1.165) is 38.0 Å². The van der Waals surface area contributed by atoms with Crippen molar-refractivity contribution in [2.45, 2.75) is 32.6 Å². The Balaban J connectivity index is 1.80. The number of carbonyl (C=O) groups is 2. The summed E-state index contributed by atoms with van der Waals surface area (Å²) < 4.78 is 5.07. The SMILES string of the molecule is CCCOC(=O)c1ccc(NCC(=O)N2CCCCC2)cc1. The van der Waals surface area contributed by atoms with E-state index in [1.54, 1.807) is 24.3 Å². The van der Waals surface area contributed by atoms with Crippen LogP contribution in [0.15, 0.2) is 24.3 Å². The zero-order valence-corrected chi connectivity index (χ0v) is 13.1. The van der Waals surface area contributed by atoms with Crippen molar-refractivity contribution >= 4 is 17.6 Å². The fourth-order valence-corrected chi connectivity index (χ4v) is 2.44. The molecule has 0 aromatic heterocycles. The van der Waals surface area contributed by atoms with Gasteiger partial charge in [0.15, 0.2) is 0 Å². The number of nitrogens with zero attached hydrogens (tertiary/aromatic N) is 1. The number of hydrogen-bond acceptors (Lipinski definition) is 4. The molecule has 0 radical (unpaired) electrons. The molecule has 2 rings (SSSR count). The number of rotatable bonds is 6. The van der Waals surface area contributed by atoms with Gasteiger partial charge >= 0.3 is 5.97 Å². The number of carbonyl (C=O) groups excluding carboxylic acids is 2. The van der Waals surface area contributed by atoms with Gasteiger partial charge in [-0.15, -0.1) is 0 Å². The minimum atomic E-state index is -0.308. The minimum absolute atomic E-state index is 0.131. The second-order valence-electron chi connectivity index (χ2n) is 5.51. The Labute approximate surface area is 131 Å². The summed E-state index contributed by atoms with van der Waals surface area (Å²) in [6, 6.07) is 7.02. The first kappa shape index (κ1) is 16.3. The van der Waals surface area contributed by atoms with Crippen molar-refractivity contribution in [1.82, 2.24) is 4.90 Å². The number of likely N-dealkylation sites (tertiary alicyclic amines) is 1. The summed E-state index contributed by atoms with van der Waals surface area (Å²) in [4.78, 5) is 25.6. The topological polar surface area (TPSA) is 58.6 Å². The number of amides is 1. The van der Waals surface area contributed by atoms with Crippen molar-refractivity contribution in [3.8, 4) is 0 Å². The van der Waals surface area contributed by atoms with Crippen molar-refractivity contribution in [2.75, 3.05) is 31.6 Å². The van der Waals surface area contributed by atoms with Gasteiger partial charge in [-0.25, -0.2) is 4.79 Å². The monoisotopic (exact) mass is 304 g/mol. The van der Waals surface area contributed by atoms with Crippen LogP contribution in [0.4, 0.5) is 5.69 Å². The Morgan fingerprint density at radius 2 is 1.82 bits per heavy atom. The van der Waals surface area contributed by atoms with Crippen LogP contribution in [0.25, 0.3) is 0 Å². The largest absolute Gasteiger partial charge is 0.462 e. The Kier molecular flexibility index (Phi) is 6.25. The lowest BCUT2D eigenvalue weighted by atomic mass is 10.1. The number of esters is 1. The standard InChI is InChI=1S/C17H24N2O3/c1-2-12-22-17(21)14-6-8-15(9-7-14)18-13-16(20)19-10-4-3-5-11-19/h6-9,18H,2-5,10-13H2,1H3. The molecule has 0 bridgehead atoms. The van der Waals surface area contributed by atoms with Crippen molar-refractivity contribution in [1.29, 1.82) is 0 Å². The van der Waals surface area contributed by atoms with Crippen LogP contribution in [0, 0.1) is 0 Å². The third kappa shape index (κ3) is 4.76. The summed E-state index contributed by atoms with van der Waals surface area (Å²) in [5.41, 5.74) is 1.36. The molecule has 0 saturated carbocycles. The Morgan fingerprint density at radius 3 is 2.45 bits per heavy atom. The fourth-order valence-electron chi connectivity index (χ4n) is 2.44. The Hall–Kier alpha value is -2.04. The molecule has 1 saturated heterocycles. The smallest absolute Gasteiger partial charge is 0.338 e. The highest BCUT2D eigenvalue weighted by atomic mass is 16.5. The maximum absolute atomic E-state index is 12.1. The molecule has 1 heterocycles. The number of ether oxygens (including phenoxy) is 1. The second kappa shape index (κ2) is 8.41. The zero-order chi connectivity index (χ0) is 15.8. The van der Waals surface area contributed by atoms with Crippen molar-refractivity contribution in [3.05, 3.63) is 29.8 Å². The van der Waals surface area contributed by atoms with Gasteiger partial charge in [-0.05, 0) is 49.9 Å². The van der Waals surface area contributed by atoms with Gasteiger partial charge in [-0.3, -0.25) is 4.79 Å². The summed E-state index contributed by atoms with van der Waals surface area (Å²) in [6.45, 7) is 4.41. The summed E-state index contributed by atoms with van der Waals surface area (Å²) in [5, 5.41) is 3.11. The van der Waals surface area contributed by atoms with Crippen LogP contribution in [0.1, 0.15) is 43.0 Å². The van der Waals surface area contributed by atoms with Crippen molar-refractivity contribution in [3.63, 3.8) is 0 Å². The maximum atomic E-state index is 12.1. The van der Waals surface area contributed by atoms with E-state index in [2.05, 4.69) is 5.32 Å². The summed E-state index contributed by atoms with van der Waals surface area (Å²) in [5.74, 6) is -0.177. The minimum Gasteiger partial charge on any atom is -0.462 e. The van der Waals surface area contributed by atoms with E-state index in [4.69, 9.17) is 4.74 Å². The van der Waals surface area contributed by atoms with Crippen LogP contribution in [-0.4, -0.2) is 43.0 Å². The molecular formula is C17H24N2O3. The first-order chi connectivity index (χ1) is 10.7. The van der Waals surface area contributed by atoms with Crippen LogP contribution in [0.2, 0.25) is 0 Å². The molecule has 120 valence electrons. The highest BCUT2D eigenvalue weighted by Gasteiger charge is 2.15. The number of piperidine rings is 1. The molecule has 1 fully saturated rings. The number of anilines is 1. The van der Waals surface area contributed by atoms with Crippen LogP contribution < -0.4 is 5.32 Å². The van der Waals surface area contributed by atoms with Gasteiger partial charge in [0, 0.05) is 18.8 Å². The average Bonchev–Trinajstić information content (AvgIpc) is 2.58. The molecule has 0 atom stereocenters. The van der Waals surface area contributed by atoms with E-state index in [0.29, 0.717) is 18.7 Å². The predicted molar refractivity (Wildman–Crippen MR) is 85.9 cm³/mol. The van der Waals surface area contributed by atoms with E-state index in [1.165, 1.54) is 6.42 Å². The molecule has 1 aliphatic rings. The summed E-state index contributed by atoms with van der Waals surface area (Å²) in [7, 11) is 0. The van der Waals surface area contributed by atoms with Crippen molar-refractivity contribution < 1.29 is 14.3 Å². The summed E-state index contributed by atoms with van der Waals surface area (Å²) >= 11 is 0. The van der Waals surface area contributed by atoms with E-state index < -0.39 is 0 Å². The van der Waals surface area contributed by atoms with Crippen LogP contribution in [0.3, 0.4) is 0 Å². The second-order valence-corrected chi connectivity index (χ2v) is 5.51. The van der Waals surface area contributed by atoms with E-state index in [9.17, 15) is 9.59 Å². The molecule has 5 nitrogen and oxygen atoms in total. The van der Waals surface area contributed by atoms with Crippen LogP contribution in [0.5, 0.6) is 0 Å². The molecule has 1 N–H and O–H groups in total. The van der Waals surface area contributed by atoms with Gasteiger partial charge in [0.2, 0.25) is 5.91 Å². The molecule has 5 heteroatoms. The molecule has 0 unspecified atom stereocenters. The first-order valence-corrected chi connectivity index (χ1v) is 7.99. The van der Waals surface area contributed by atoms with E-state index >= 15 is 0 Å². The van der Waals surface area contributed by atoms with Gasteiger partial charge in [0.1, 0.15) is 0 Å². The molecule has 22 heavy (non-hydrogen) atoms. The Morgan fingerprint density at radius 1 is 1.14 bits per heavy atom. The number of benzene rings is 1. The summed E-state index contributed by atoms with van der Waals surface area (Å²) in [6.07, 6.45) is 4.22. The van der Waals surface area contributed by atoms with Crippen LogP contribution in [-0.2, 0) is 9.53 Å². The van der Waals surface area contributed by atoms with Crippen LogP contribution >= 0.6 is 0 Å². The first-order valence-electron chi connectivity index (χ1n) is 7.99. The molecule has 1 amide bonds. The van der Waals surface area contributed by atoms with Gasteiger partial charge in [0.05, 0.1) is 18.7 Å². The quantitative estimate of drug-likeness (QED) is 0.821.